The Balaban J connectivity index is 1.76. The molecule has 0 aliphatic heterocycles. The first-order valence-corrected chi connectivity index (χ1v) is 10.7. The van der Waals surface area contributed by atoms with E-state index in [1.165, 1.54) is 38.2 Å². The van der Waals surface area contributed by atoms with Gasteiger partial charge in [-0.05, 0) is 79.8 Å². The summed E-state index contributed by atoms with van der Waals surface area (Å²) in [6.45, 7) is 9.78. The van der Waals surface area contributed by atoms with E-state index in [1.807, 2.05) is 11.8 Å². The average molecular weight is 387 g/mol. The molecule has 1 aromatic heterocycles. The third-order valence-electron chi connectivity index (χ3n) is 5.68. The third-order valence-corrected chi connectivity index (χ3v) is 6.69. The second-order valence-corrected chi connectivity index (χ2v) is 8.49. The van der Waals surface area contributed by atoms with Crippen LogP contribution in [-0.4, -0.2) is 9.55 Å². The summed E-state index contributed by atoms with van der Waals surface area (Å²) in [7, 11) is 0. The number of rotatable bonds is 5. The molecule has 0 bridgehead atoms. The Bertz CT molecular complexity index is 1100. The van der Waals surface area contributed by atoms with Crippen LogP contribution in [0.15, 0.2) is 65.6 Å². The van der Waals surface area contributed by atoms with E-state index in [9.17, 15) is 0 Å². The van der Waals surface area contributed by atoms with Crippen LogP contribution in [0.3, 0.4) is 0 Å². The van der Waals surface area contributed by atoms with Gasteiger partial charge in [0, 0.05) is 11.4 Å². The number of nitrogens with zero attached hydrogens (tertiary/aromatic N) is 2. The van der Waals surface area contributed by atoms with Crippen LogP contribution in [0.2, 0.25) is 0 Å². The number of benzene rings is 3. The van der Waals surface area contributed by atoms with E-state index < -0.39 is 0 Å². The van der Waals surface area contributed by atoms with Crippen molar-refractivity contribution in [3.63, 3.8) is 0 Å². The third kappa shape index (κ3) is 3.59. The van der Waals surface area contributed by atoms with Gasteiger partial charge in [0.2, 0.25) is 0 Å². The van der Waals surface area contributed by atoms with Gasteiger partial charge >= 0.3 is 0 Å². The number of para-hydroxylation sites is 2. The normalized spacial score (nSPS) is 11.3. The molecule has 4 aromatic rings. The van der Waals surface area contributed by atoms with Gasteiger partial charge in [0.05, 0.1) is 16.8 Å². The molecule has 142 valence electrons. The molecule has 1 heterocycles. The largest absolute Gasteiger partial charge is 0.323 e. The first-order valence-electron chi connectivity index (χ1n) is 9.73. The summed E-state index contributed by atoms with van der Waals surface area (Å²) in [6.07, 6.45) is 0. The SMILES string of the molecule is Cc1cc(C)c(C)c(Cn2c(CSc3ccccc3)nc3ccccc32)c1C. The first-order chi connectivity index (χ1) is 13.5. The van der Waals surface area contributed by atoms with E-state index in [1.54, 1.807) is 0 Å². The predicted molar refractivity (Wildman–Crippen MR) is 120 cm³/mol. The molecule has 0 saturated heterocycles. The van der Waals surface area contributed by atoms with Crippen LogP contribution in [0, 0.1) is 27.7 Å². The van der Waals surface area contributed by atoms with Crippen LogP contribution in [0.4, 0.5) is 0 Å². The van der Waals surface area contributed by atoms with Crippen molar-refractivity contribution in [3.8, 4) is 0 Å². The highest BCUT2D eigenvalue weighted by molar-refractivity contribution is 7.98. The fourth-order valence-electron chi connectivity index (χ4n) is 3.77. The highest BCUT2D eigenvalue weighted by atomic mass is 32.2. The maximum Gasteiger partial charge on any atom is 0.120 e. The molecule has 0 aliphatic rings. The van der Waals surface area contributed by atoms with Gasteiger partial charge in [-0.15, -0.1) is 11.8 Å². The summed E-state index contributed by atoms with van der Waals surface area (Å²) in [5, 5.41) is 0. The number of imidazole rings is 1. The van der Waals surface area contributed by atoms with E-state index in [2.05, 4.69) is 92.9 Å². The van der Waals surface area contributed by atoms with Crippen LogP contribution in [0.25, 0.3) is 11.0 Å². The molecule has 0 N–H and O–H groups in total. The number of aromatic nitrogens is 2. The van der Waals surface area contributed by atoms with Crippen molar-refractivity contribution < 1.29 is 0 Å². The van der Waals surface area contributed by atoms with Gasteiger partial charge in [0.25, 0.3) is 0 Å². The molecule has 4 rings (SSSR count). The van der Waals surface area contributed by atoms with Gasteiger partial charge in [-0.1, -0.05) is 36.4 Å². The Hall–Kier alpha value is -2.52. The second-order valence-electron chi connectivity index (χ2n) is 7.44. The lowest BCUT2D eigenvalue weighted by molar-refractivity contribution is 0.769. The Morgan fingerprint density at radius 3 is 2.18 bits per heavy atom. The van der Waals surface area contributed by atoms with Crippen molar-refractivity contribution in [2.24, 2.45) is 0 Å². The van der Waals surface area contributed by atoms with Gasteiger partial charge in [0.1, 0.15) is 5.82 Å². The zero-order valence-electron chi connectivity index (χ0n) is 17.0. The van der Waals surface area contributed by atoms with Crippen LogP contribution in [-0.2, 0) is 12.3 Å². The van der Waals surface area contributed by atoms with Gasteiger partial charge in [0.15, 0.2) is 0 Å². The monoisotopic (exact) mass is 386 g/mol. The molecule has 0 amide bonds. The maximum absolute atomic E-state index is 4.97. The summed E-state index contributed by atoms with van der Waals surface area (Å²) in [4.78, 5) is 6.25. The molecule has 0 radical (unpaired) electrons. The van der Waals surface area contributed by atoms with Crippen molar-refractivity contribution in [2.75, 3.05) is 0 Å². The summed E-state index contributed by atoms with van der Waals surface area (Å²) in [5.41, 5.74) is 9.22. The fraction of sp³-hybridized carbons (Fsp3) is 0.240. The molecule has 3 heteroatoms. The number of aryl methyl sites for hydroxylation is 2. The molecule has 0 aliphatic carbocycles. The van der Waals surface area contributed by atoms with E-state index in [0.717, 1.165) is 23.6 Å². The molecule has 0 unspecified atom stereocenters. The van der Waals surface area contributed by atoms with Crippen molar-refractivity contribution in [2.45, 2.75) is 44.9 Å². The summed E-state index contributed by atoms with van der Waals surface area (Å²) in [6, 6.07) is 21.3. The van der Waals surface area contributed by atoms with Gasteiger partial charge in [-0.3, -0.25) is 0 Å². The van der Waals surface area contributed by atoms with Gasteiger partial charge in [-0.2, -0.15) is 0 Å². The number of thioether (sulfide) groups is 1. The Kier molecular flexibility index (Phi) is 5.27. The van der Waals surface area contributed by atoms with Crippen LogP contribution < -0.4 is 0 Å². The van der Waals surface area contributed by atoms with Crippen molar-refractivity contribution in [3.05, 3.63) is 94.3 Å². The highest BCUT2D eigenvalue weighted by Gasteiger charge is 2.15. The lowest BCUT2D eigenvalue weighted by atomic mass is 9.94. The molecule has 0 saturated carbocycles. The van der Waals surface area contributed by atoms with Gasteiger partial charge < -0.3 is 4.57 Å². The molecular formula is C25H26N2S. The second kappa shape index (κ2) is 7.84. The minimum absolute atomic E-state index is 0.863. The topological polar surface area (TPSA) is 17.8 Å². The zero-order chi connectivity index (χ0) is 19.7. The Labute approximate surface area is 171 Å². The van der Waals surface area contributed by atoms with Crippen molar-refractivity contribution in [1.29, 1.82) is 0 Å². The molecule has 28 heavy (non-hydrogen) atoms. The van der Waals surface area contributed by atoms with Crippen molar-refractivity contribution in [1.82, 2.24) is 9.55 Å². The van der Waals surface area contributed by atoms with Crippen LogP contribution >= 0.6 is 11.8 Å². The van der Waals surface area contributed by atoms with E-state index in [4.69, 9.17) is 4.98 Å². The Morgan fingerprint density at radius 2 is 1.46 bits per heavy atom. The zero-order valence-corrected chi connectivity index (χ0v) is 17.8. The first kappa shape index (κ1) is 18.8. The minimum Gasteiger partial charge on any atom is -0.323 e. The van der Waals surface area contributed by atoms with Crippen LogP contribution in [0.1, 0.15) is 33.6 Å². The van der Waals surface area contributed by atoms with Gasteiger partial charge in [-0.25, -0.2) is 4.98 Å². The summed E-state index contributed by atoms with van der Waals surface area (Å²) >= 11 is 1.84. The van der Waals surface area contributed by atoms with Crippen molar-refractivity contribution >= 4 is 22.8 Å². The number of hydrogen-bond acceptors (Lipinski definition) is 2. The maximum atomic E-state index is 4.97. The molecule has 0 fully saturated rings. The molecular weight excluding hydrogens is 360 g/mol. The van der Waals surface area contributed by atoms with E-state index in [-0.39, 0.29) is 0 Å². The average Bonchev–Trinajstić information content (AvgIpc) is 3.06. The summed E-state index contributed by atoms with van der Waals surface area (Å²) < 4.78 is 2.40. The fourth-order valence-corrected chi connectivity index (χ4v) is 4.64. The quantitative estimate of drug-likeness (QED) is 0.359. The molecule has 0 atom stereocenters. The molecule has 0 spiro atoms. The lowest BCUT2D eigenvalue weighted by Gasteiger charge is -2.18. The Morgan fingerprint density at radius 1 is 0.821 bits per heavy atom. The van der Waals surface area contributed by atoms with E-state index >= 15 is 0 Å². The summed E-state index contributed by atoms with van der Waals surface area (Å²) in [5.74, 6) is 2.00. The predicted octanol–water partition coefficient (Wildman–Crippen LogP) is 6.61. The lowest BCUT2D eigenvalue weighted by Crippen LogP contribution is -2.09. The standard InChI is InChI=1S/C25H26N2S/c1-17-14-18(2)20(4)22(19(17)3)15-27-24-13-9-8-12-23(24)26-25(27)16-28-21-10-6-5-7-11-21/h5-14H,15-16H2,1-4H3. The van der Waals surface area contributed by atoms with Crippen LogP contribution in [0.5, 0.6) is 0 Å². The minimum atomic E-state index is 0.863. The molecule has 3 aromatic carbocycles. The number of fused-ring (bicyclic) bond motifs is 1. The smallest absolute Gasteiger partial charge is 0.120 e. The number of hydrogen-bond donors (Lipinski definition) is 0. The van der Waals surface area contributed by atoms with E-state index in [0.29, 0.717) is 0 Å². The highest BCUT2D eigenvalue weighted by Crippen LogP contribution is 2.28. The molecule has 2 nitrogen and oxygen atoms in total.